The highest BCUT2D eigenvalue weighted by Crippen LogP contribution is 2.45. The number of fused-ring (bicyclic) bond motifs is 1. The quantitative estimate of drug-likeness (QED) is 0.598. The summed E-state index contributed by atoms with van der Waals surface area (Å²) in [5.41, 5.74) is 5.89. The third-order valence-electron chi connectivity index (χ3n) is 7.96. The van der Waals surface area contributed by atoms with E-state index in [0.717, 1.165) is 41.2 Å². The number of imidazole rings is 1. The van der Waals surface area contributed by atoms with E-state index in [1.807, 2.05) is 39.9 Å². The Bertz CT molecular complexity index is 1360. The summed E-state index contributed by atoms with van der Waals surface area (Å²) in [7, 11) is 1.57. The maximum atomic E-state index is 13.6. The Morgan fingerprint density at radius 2 is 2.14 bits per heavy atom. The molecule has 3 heterocycles. The summed E-state index contributed by atoms with van der Waals surface area (Å²) >= 11 is 0. The van der Waals surface area contributed by atoms with Crippen molar-refractivity contribution in [3.05, 3.63) is 76.9 Å². The number of hydrogen-bond acceptors (Lipinski definition) is 4. The molecule has 1 saturated carbocycles. The Hall–Kier alpha value is -3.65. The van der Waals surface area contributed by atoms with E-state index >= 15 is 0 Å². The van der Waals surface area contributed by atoms with Crippen molar-refractivity contribution in [2.45, 2.75) is 38.0 Å². The lowest BCUT2D eigenvalue weighted by atomic mass is 9.81. The van der Waals surface area contributed by atoms with Gasteiger partial charge in [0, 0.05) is 49.4 Å². The van der Waals surface area contributed by atoms with Crippen LogP contribution in [0.4, 0.5) is 10.5 Å². The monoisotopic (exact) mass is 485 g/mol. The summed E-state index contributed by atoms with van der Waals surface area (Å²) in [6.45, 7) is 0.475. The smallest absolute Gasteiger partial charge is 0.319 e. The van der Waals surface area contributed by atoms with Gasteiger partial charge in [0.25, 0.3) is 5.91 Å². The van der Waals surface area contributed by atoms with E-state index in [9.17, 15) is 14.7 Å². The fourth-order valence-electron chi connectivity index (χ4n) is 5.89. The van der Waals surface area contributed by atoms with Gasteiger partial charge in [-0.2, -0.15) is 0 Å². The fraction of sp³-hybridized carbons (Fsp3) is 0.393. The van der Waals surface area contributed by atoms with Crippen LogP contribution in [0.15, 0.2) is 71.4 Å². The Balaban J connectivity index is 1.34. The number of urea groups is 1. The van der Waals surface area contributed by atoms with Crippen LogP contribution in [0.25, 0.3) is 5.65 Å². The third kappa shape index (κ3) is 3.95. The molecule has 1 fully saturated rings. The molecule has 4 aliphatic rings. The van der Waals surface area contributed by atoms with Gasteiger partial charge in [0.1, 0.15) is 0 Å². The van der Waals surface area contributed by atoms with Gasteiger partial charge < -0.3 is 25.0 Å². The molecule has 3 N–H and O–H groups in total. The molecule has 0 radical (unpaired) electrons. The number of aliphatic hydroxyl groups is 1. The van der Waals surface area contributed by atoms with E-state index in [1.165, 1.54) is 18.4 Å². The number of hydrogen-bond donors (Lipinski definition) is 3. The van der Waals surface area contributed by atoms with E-state index in [0.29, 0.717) is 30.2 Å². The number of aliphatic hydroxyl groups excluding tert-OH is 1. The molecule has 36 heavy (non-hydrogen) atoms. The van der Waals surface area contributed by atoms with E-state index < -0.39 is 0 Å². The van der Waals surface area contributed by atoms with E-state index in [1.54, 1.807) is 13.2 Å². The lowest BCUT2D eigenvalue weighted by Gasteiger charge is -2.36. The maximum absolute atomic E-state index is 13.6. The highest BCUT2D eigenvalue weighted by Gasteiger charge is 2.37. The van der Waals surface area contributed by atoms with Crippen molar-refractivity contribution in [3.8, 4) is 0 Å². The average Bonchev–Trinajstić information content (AvgIpc) is 3.65. The molecule has 0 spiro atoms. The zero-order valence-corrected chi connectivity index (χ0v) is 20.4. The van der Waals surface area contributed by atoms with Crippen LogP contribution in [0.1, 0.15) is 43.6 Å². The number of amides is 3. The standard InChI is InChI=1S/C28H31N5O3/c1-29-28(36)31-24-14-20(15-32-12-10-30-26(24)32)21-3-2-4-25(23(21)16-34)33-11-9-19-13-18(17-5-6-17)7-8-22(19)27(33)35/h2,4,7-8,10,12,14-15,17-18,21,34H,3,5-6,9,11,13,16H2,1H3,(H2,29,31,36). The number of nitrogens with one attached hydrogen (secondary N) is 2. The second-order valence-corrected chi connectivity index (χ2v) is 10.1. The molecule has 6 rings (SSSR count). The number of carbonyl (C=O) groups is 2. The van der Waals surface area contributed by atoms with Crippen LogP contribution in [0.5, 0.6) is 0 Å². The normalized spacial score (nSPS) is 23.9. The van der Waals surface area contributed by atoms with Gasteiger partial charge in [0.15, 0.2) is 5.65 Å². The van der Waals surface area contributed by atoms with Crippen LogP contribution in [0.3, 0.4) is 0 Å². The summed E-state index contributed by atoms with van der Waals surface area (Å²) in [6, 6.07) is 1.58. The van der Waals surface area contributed by atoms with Crippen molar-refractivity contribution < 1.29 is 14.7 Å². The molecule has 1 aliphatic heterocycles. The number of allylic oxidation sites excluding steroid dienone is 3. The van der Waals surface area contributed by atoms with Gasteiger partial charge in [-0.3, -0.25) is 4.79 Å². The second-order valence-electron chi connectivity index (χ2n) is 10.1. The zero-order valence-electron chi connectivity index (χ0n) is 20.4. The van der Waals surface area contributed by atoms with Crippen molar-refractivity contribution in [1.29, 1.82) is 0 Å². The van der Waals surface area contributed by atoms with E-state index in [4.69, 9.17) is 0 Å². The third-order valence-corrected chi connectivity index (χ3v) is 7.96. The molecule has 0 aromatic carbocycles. The number of nitrogens with zero attached hydrogens (tertiary/aromatic N) is 3. The minimum absolute atomic E-state index is 0.0278. The molecule has 2 aromatic rings. The van der Waals surface area contributed by atoms with Gasteiger partial charge in [-0.25, -0.2) is 9.78 Å². The topological polar surface area (TPSA) is 99.0 Å². The Morgan fingerprint density at radius 3 is 2.92 bits per heavy atom. The number of aromatic nitrogens is 2. The number of pyridine rings is 1. The first-order valence-corrected chi connectivity index (χ1v) is 12.7. The van der Waals surface area contributed by atoms with Gasteiger partial charge in [-0.15, -0.1) is 0 Å². The summed E-state index contributed by atoms with van der Waals surface area (Å²) in [5, 5.41) is 15.9. The van der Waals surface area contributed by atoms with Gasteiger partial charge >= 0.3 is 6.03 Å². The number of carbonyl (C=O) groups excluding carboxylic acids is 2. The van der Waals surface area contributed by atoms with Crippen molar-refractivity contribution >= 4 is 23.3 Å². The average molecular weight is 486 g/mol. The van der Waals surface area contributed by atoms with Gasteiger partial charge in [-0.05, 0) is 67.2 Å². The molecular weight excluding hydrogens is 454 g/mol. The van der Waals surface area contributed by atoms with E-state index in [2.05, 4.69) is 27.8 Å². The van der Waals surface area contributed by atoms with Gasteiger partial charge in [0.05, 0.1) is 12.3 Å². The van der Waals surface area contributed by atoms with E-state index in [-0.39, 0.29) is 24.5 Å². The minimum atomic E-state index is -0.327. The highest BCUT2D eigenvalue weighted by atomic mass is 16.3. The first-order valence-electron chi connectivity index (χ1n) is 12.7. The molecule has 2 aromatic heterocycles. The van der Waals surface area contributed by atoms with Crippen molar-refractivity contribution in [1.82, 2.24) is 19.6 Å². The minimum Gasteiger partial charge on any atom is -0.392 e. The summed E-state index contributed by atoms with van der Waals surface area (Å²) < 4.78 is 1.87. The Kier molecular flexibility index (Phi) is 5.76. The van der Waals surface area contributed by atoms with Crippen molar-refractivity contribution in [2.75, 3.05) is 25.5 Å². The molecular formula is C28H31N5O3. The van der Waals surface area contributed by atoms with Crippen molar-refractivity contribution in [2.24, 2.45) is 11.8 Å². The highest BCUT2D eigenvalue weighted by molar-refractivity contribution is 5.99. The molecule has 186 valence electrons. The van der Waals surface area contributed by atoms with Crippen LogP contribution in [0, 0.1) is 11.8 Å². The lowest BCUT2D eigenvalue weighted by molar-refractivity contribution is -0.125. The van der Waals surface area contributed by atoms with Gasteiger partial charge in [0.2, 0.25) is 0 Å². The molecule has 8 heteroatoms. The van der Waals surface area contributed by atoms with Crippen LogP contribution >= 0.6 is 0 Å². The van der Waals surface area contributed by atoms with Crippen LogP contribution in [-0.4, -0.2) is 51.5 Å². The molecule has 2 unspecified atom stereocenters. The summed E-state index contributed by atoms with van der Waals surface area (Å²) in [5.74, 6) is 1.28. The van der Waals surface area contributed by atoms with Gasteiger partial charge in [-0.1, -0.05) is 23.8 Å². The van der Waals surface area contributed by atoms with Crippen molar-refractivity contribution in [3.63, 3.8) is 0 Å². The maximum Gasteiger partial charge on any atom is 0.319 e. The lowest BCUT2D eigenvalue weighted by Crippen LogP contribution is -2.38. The molecule has 3 amide bonds. The molecule has 3 aliphatic carbocycles. The first kappa shape index (κ1) is 22.8. The molecule has 2 atom stereocenters. The SMILES string of the molecule is CNC(=O)Nc1cc(C2CC=CC(N3CCC4=C(C=CC(C5CC5)C4)C3=O)=C2CO)cn2ccnc12. The van der Waals surface area contributed by atoms with Crippen LogP contribution < -0.4 is 10.6 Å². The first-order chi connectivity index (χ1) is 17.6. The van der Waals surface area contributed by atoms with Crippen LogP contribution in [0.2, 0.25) is 0 Å². The number of rotatable bonds is 5. The molecule has 0 saturated heterocycles. The molecule has 8 nitrogen and oxygen atoms in total. The summed E-state index contributed by atoms with van der Waals surface area (Å²) in [4.78, 5) is 31.9. The zero-order chi connectivity index (χ0) is 24.8. The predicted octanol–water partition coefficient (Wildman–Crippen LogP) is 3.89. The second kappa shape index (κ2) is 9.09. The summed E-state index contributed by atoms with van der Waals surface area (Å²) in [6.07, 6.45) is 19.0. The Labute approximate surface area is 210 Å². The van der Waals surface area contributed by atoms with Crippen LogP contribution in [-0.2, 0) is 4.79 Å². The number of anilines is 1. The predicted molar refractivity (Wildman–Crippen MR) is 137 cm³/mol. The largest absolute Gasteiger partial charge is 0.392 e. The Morgan fingerprint density at radius 1 is 1.28 bits per heavy atom. The fourth-order valence-corrected chi connectivity index (χ4v) is 5.89. The molecule has 0 bridgehead atoms.